The number of ether oxygens (including phenoxy) is 1. The molecule has 196 valence electrons. The topological polar surface area (TPSA) is 64.6 Å². The first-order valence-electron chi connectivity index (χ1n) is 12.9. The molecule has 1 saturated heterocycles. The SMILES string of the molecule is CN1C=C(c2ccc3nc(-c4ccc(OCCN5CCC(F)(F)CC5)cc4)ccc3c2)c2cc[nH]c2C1O. The number of hydrogen-bond acceptors (Lipinski definition) is 5. The molecule has 0 radical (unpaired) electrons. The molecule has 4 aromatic rings. The Morgan fingerprint density at radius 1 is 1.03 bits per heavy atom. The predicted octanol–water partition coefficient (Wildman–Crippen LogP) is 5.67. The van der Waals surface area contributed by atoms with E-state index in [1.54, 1.807) is 4.90 Å². The number of rotatable bonds is 6. The average Bonchev–Trinajstić information content (AvgIpc) is 3.42. The highest BCUT2D eigenvalue weighted by atomic mass is 19.3. The van der Waals surface area contributed by atoms with Crippen LogP contribution in [0.1, 0.15) is 35.9 Å². The molecular formula is C30H30F2N4O2. The van der Waals surface area contributed by atoms with Crippen molar-refractivity contribution in [3.05, 3.63) is 89.9 Å². The maximum Gasteiger partial charge on any atom is 0.250 e. The third kappa shape index (κ3) is 4.89. The Kier molecular flexibility index (Phi) is 6.37. The number of H-pyrrole nitrogens is 1. The van der Waals surface area contributed by atoms with Gasteiger partial charge >= 0.3 is 0 Å². The normalized spacial score (nSPS) is 19.3. The number of fused-ring (bicyclic) bond motifs is 2. The fourth-order valence-corrected chi connectivity index (χ4v) is 5.18. The summed E-state index contributed by atoms with van der Waals surface area (Å²) in [5, 5.41) is 11.5. The van der Waals surface area contributed by atoms with Crippen LogP contribution in [0.3, 0.4) is 0 Å². The second-order valence-corrected chi connectivity index (χ2v) is 10.1. The Labute approximate surface area is 220 Å². The van der Waals surface area contributed by atoms with Gasteiger partial charge < -0.3 is 19.7 Å². The monoisotopic (exact) mass is 516 g/mol. The number of hydrogen-bond donors (Lipinski definition) is 2. The van der Waals surface area contributed by atoms with Crippen molar-refractivity contribution in [2.75, 3.05) is 33.3 Å². The maximum absolute atomic E-state index is 13.3. The van der Waals surface area contributed by atoms with Gasteiger partial charge in [0.1, 0.15) is 12.4 Å². The Morgan fingerprint density at radius 2 is 1.79 bits per heavy atom. The number of likely N-dealkylation sites (tertiary alicyclic amines) is 1. The fraction of sp³-hybridized carbons (Fsp3) is 0.300. The largest absolute Gasteiger partial charge is 0.492 e. The van der Waals surface area contributed by atoms with Crippen LogP contribution in [0.15, 0.2) is 73.1 Å². The first kappa shape index (κ1) is 24.6. The van der Waals surface area contributed by atoms with Crippen molar-refractivity contribution in [1.82, 2.24) is 19.8 Å². The molecule has 2 aliphatic rings. The minimum absolute atomic E-state index is 0.0745. The number of piperidine rings is 1. The zero-order valence-corrected chi connectivity index (χ0v) is 21.2. The van der Waals surface area contributed by atoms with Gasteiger partial charge in [0.05, 0.1) is 16.9 Å². The lowest BCUT2D eigenvalue weighted by atomic mass is 9.94. The summed E-state index contributed by atoms with van der Waals surface area (Å²) in [6.45, 7) is 1.94. The average molecular weight is 517 g/mol. The Balaban J connectivity index is 1.13. The molecule has 2 aromatic heterocycles. The van der Waals surface area contributed by atoms with Gasteiger partial charge in [0, 0.05) is 74.0 Å². The fourth-order valence-electron chi connectivity index (χ4n) is 5.18. The van der Waals surface area contributed by atoms with Crippen LogP contribution in [0.25, 0.3) is 27.7 Å². The number of aliphatic hydroxyl groups excluding tert-OH is 1. The molecule has 0 aliphatic carbocycles. The number of nitrogens with one attached hydrogen (secondary N) is 1. The van der Waals surface area contributed by atoms with Crippen molar-refractivity contribution >= 4 is 16.5 Å². The van der Waals surface area contributed by atoms with Gasteiger partial charge in [-0.1, -0.05) is 12.1 Å². The number of halogens is 2. The van der Waals surface area contributed by atoms with Crippen molar-refractivity contribution in [2.45, 2.75) is 25.0 Å². The van der Waals surface area contributed by atoms with E-state index in [0.29, 0.717) is 26.2 Å². The summed E-state index contributed by atoms with van der Waals surface area (Å²) in [5.41, 5.74) is 6.67. The van der Waals surface area contributed by atoms with Crippen LogP contribution >= 0.6 is 0 Å². The summed E-state index contributed by atoms with van der Waals surface area (Å²) in [4.78, 5) is 11.8. The molecule has 2 aliphatic heterocycles. The van der Waals surface area contributed by atoms with E-state index < -0.39 is 12.2 Å². The molecule has 4 heterocycles. The molecule has 0 saturated carbocycles. The van der Waals surface area contributed by atoms with Crippen molar-refractivity contribution in [3.8, 4) is 17.0 Å². The summed E-state index contributed by atoms with van der Waals surface area (Å²) in [5.74, 6) is -1.77. The lowest BCUT2D eigenvalue weighted by Crippen LogP contribution is -2.41. The van der Waals surface area contributed by atoms with E-state index in [2.05, 4.69) is 23.2 Å². The highest BCUT2D eigenvalue weighted by molar-refractivity contribution is 5.89. The van der Waals surface area contributed by atoms with Crippen LogP contribution in [0.2, 0.25) is 0 Å². The van der Waals surface area contributed by atoms with E-state index in [0.717, 1.165) is 50.3 Å². The van der Waals surface area contributed by atoms with E-state index in [1.807, 2.05) is 66.8 Å². The van der Waals surface area contributed by atoms with Crippen LogP contribution in [-0.4, -0.2) is 64.1 Å². The molecule has 2 N–H and O–H groups in total. The summed E-state index contributed by atoms with van der Waals surface area (Å²) in [6, 6.07) is 20.1. The first-order valence-corrected chi connectivity index (χ1v) is 12.9. The summed E-state index contributed by atoms with van der Waals surface area (Å²) >= 11 is 0. The summed E-state index contributed by atoms with van der Waals surface area (Å²) in [6.07, 6.45) is 2.99. The maximum atomic E-state index is 13.3. The van der Waals surface area contributed by atoms with Crippen molar-refractivity contribution in [2.24, 2.45) is 0 Å². The molecule has 8 heteroatoms. The van der Waals surface area contributed by atoms with Crippen LogP contribution < -0.4 is 4.74 Å². The number of pyridine rings is 1. The minimum Gasteiger partial charge on any atom is -0.492 e. The van der Waals surface area contributed by atoms with Gasteiger partial charge in [-0.3, -0.25) is 4.90 Å². The van der Waals surface area contributed by atoms with Gasteiger partial charge in [-0.15, -0.1) is 0 Å². The lowest BCUT2D eigenvalue weighted by molar-refractivity contribution is -0.0564. The third-order valence-corrected chi connectivity index (χ3v) is 7.46. The Bertz CT molecular complexity index is 1470. The number of nitrogens with zero attached hydrogens (tertiary/aromatic N) is 3. The summed E-state index contributed by atoms with van der Waals surface area (Å²) < 4.78 is 32.5. The van der Waals surface area contributed by atoms with Gasteiger partial charge in [0.25, 0.3) is 5.92 Å². The smallest absolute Gasteiger partial charge is 0.250 e. The van der Waals surface area contributed by atoms with E-state index >= 15 is 0 Å². The van der Waals surface area contributed by atoms with Gasteiger partial charge in [-0.05, 0) is 54.1 Å². The number of alkyl halides is 2. The highest BCUT2D eigenvalue weighted by Crippen LogP contribution is 2.36. The molecular weight excluding hydrogens is 486 g/mol. The summed E-state index contributed by atoms with van der Waals surface area (Å²) in [7, 11) is 1.86. The van der Waals surface area contributed by atoms with E-state index in [4.69, 9.17) is 9.72 Å². The molecule has 6 rings (SSSR count). The molecule has 2 aromatic carbocycles. The molecule has 0 spiro atoms. The molecule has 38 heavy (non-hydrogen) atoms. The molecule has 1 fully saturated rings. The minimum atomic E-state index is -2.52. The van der Waals surface area contributed by atoms with Gasteiger partial charge in [0.2, 0.25) is 0 Å². The standard InChI is InChI=1S/C30H30F2N4O2/c1-35-19-25(24-10-13-33-28(24)29(35)37)21-4-8-27-22(18-21)5-9-26(34-27)20-2-6-23(7-3-20)38-17-16-36-14-11-30(31,32)12-15-36/h2-10,13,18-19,29,33,37H,11-12,14-17H2,1H3. The van der Waals surface area contributed by atoms with Gasteiger partial charge in [-0.25, -0.2) is 13.8 Å². The van der Waals surface area contributed by atoms with E-state index in [-0.39, 0.29) is 12.8 Å². The molecule has 1 atom stereocenters. The van der Waals surface area contributed by atoms with E-state index in [1.165, 1.54) is 0 Å². The highest BCUT2D eigenvalue weighted by Gasteiger charge is 2.33. The van der Waals surface area contributed by atoms with Crippen LogP contribution in [-0.2, 0) is 0 Å². The lowest BCUT2D eigenvalue weighted by Gasteiger charge is -2.31. The first-order chi connectivity index (χ1) is 18.4. The second-order valence-electron chi connectivity index (χ2n) is 10.1. The zero-order chi connectivity index (χ0) is 26.3. The molecule has 0 amide bonds. The van der Waals surface area contributed by atoms with Crippen molar-refractivity contribution < 1.29 is 18.6 Å². The molecule has 1 unspecified atom stereocenters. The zero-order valence-electron chi connectivity index (χ0n) is 21.2. The molecule has 6 nitrogen and oxygen atoms in total. The number of benzene rings is 2. The van der Waals surface area contributed by atoms with Gasteiger partial charge in [-0.2, -0.15) is 0 Å². The number of aromatic nitrogens is 2. The quantitative estimate of drug-likeness (QED) is 0.346. The number of aliphatic hydroxyl groups is 1. The van der Waals surface area contributed by atoms with Crippen molar-refractivity contribution in [1.29, 1.82) is 0 Å². The molecule has 0 bridgehead atoms. The van der Waals surface area contributed by atoms with E-state index in [9.17, 15) is 13.9 Å². The van der Waals surface area contributed by atoms with Crippen molar-refractivity contribution in [3.63, 3.8) is 0 Å². The Hall–Kier alpha value is -3.75. The second kappa shape index (κ2) is 9.85. The van der Waals surface area contributed by atoms with Gasteiger partial charge in [0.15, 0.2) is 6.23 Å². The Morgan fingerprint density at radius 3 is 2.58 bits per heavy atom. The third-order valence-electron chi connectivity index (χ3n) is 7.46. The number of aromatic amines is 1. The van der Waals surface area contributed by atoms with Crippen LogP contribution in [0.5, 0.6) is 5.75 Å². The van der Waals surface area contributed by atoms with Crippen LogP contribution in [0, 0.1) is 0 Å². The van der Waals surface area contributed by atoms with Crippen LogP contribution in [0.4, 0.5) is 8.78 Å². The predicted molar refractivity (Wildman–Crippen MR) is 144 cm³/mol.